The minimum Gasteiger partial charge on any atom is -0.453 e. The van der Waals surface area contributed by atoms with Crippen LogP contribution in [0.2, 0.25) is 5.02 Å². The second-order valence-corrected chi connectivity index (χ2v) is 8.11. The smallest absolute Gasteiger partial charge is 0.412 e. The van der Waals surface area contributed by atoms with E-state index in [0.717, 1.165) is 35.3 Å². The fraction of sp³-hybridized carbons (Fsp3) is 0.167. The molecule has 4 heterocycles. The number of aryl methyl sites for hydroxylation is 1. The van der Waals surface area contributed by atoms with Crippen LogP contribution in [0.5, 0.6) is 0 Å². The van der Waals surface area contributed by atoms with Crippen molar-refractivity contribution in [2.45, 2.75) is 12.8 Å². The highest BCUT2D eigenvalue weighted by atomic mass is 35.5. The van der Waals surface area contributed by atoms with Gasteiger partial charge in [-0.2, -0.15) is 0 Å². The largest absolute Gasteiger partial charge is 0.453 e. The van der Waals surface area contributed by atoms with Gasteiger partial charge in [-0.15, -0.1) is 0 Å². The molecule has 0 atom stereocenters. The van der Waals surface area contributed by atoms with Crippen LogP contribution in [0.1, 0.15) is 22.3 Å². The van der Waals surface area contributed by atoms with Gasteiger partial charge in [-0.1, -0.05) is 11.6 Å². The van der Waals surface area contributed by atoms with E-state index in [9.17, 15) is 9.59 Å². The zero-order valence-electron chi connectivity index (χ0n) is 17.8. The second-order valence-electron chi connectivity index (χ2n) is 7.67. The molecule has 9 heteroatoms. The predicted octanol–water partition coefficient (Wildman–Crippen LogP) is 4.82. The minimum atomic E-state index is -0.588. The molecule has 1 N–H and O–H groups in total. The third-order valence-corrected chi connectivity index (χ3v) is 5.87. The number of methoxy groups -OCH3 is 1. The summed E-state index contributed by atoms with van der Waals surface area (Å²) in [6.07, 6.45) is 6.35. The molecule has 1 aromatic carbocycles. The van der Waals surface area contributed by atoms with Gasteiger partial charge in [0.1, 0.15) is 11.5 Å². The number of nitrogens with one attached hydrogen (secondary N) is 1. The molecule has 1 aliphatic rings. The number of benzene rings is 1. The Morgan fingerprint density at radius 3 is 2.76 bits per heavy atom. The summed E-state index contributed by atoms with van der Waals surface area (Å²) >= 11 is 6.15. The third-order valence-electron chi connectivity index (χ3n) is 5.63. The summed E-state index contributed by atoms with van der Waals surface area (Å²) < 4.78 is 6.45. The van der Waals surface area contributed by atoms with E-state index in [2.05, 4.69) is 20.0 Å². The van der Waals surface area contributed by atoms with E-state index in [4.69, 9.17) is 11.6 Å². The van der Waals surface area contributed by atoms with Crippen molar-refractivity contribution in [3.05, 3.63) is 77.2 Å². The van der Waals surface area contributed by atoms with Crippen LogP contribution in [-0.2, 0) is 11.2 Å². The summed E-state index contributed by atoms with van der Waals surface area (Å²) in [7, 11) is 1.29. The van der Waals surface area contributed by atoms with E-state index in [1.165, 1.54) is 7.11 Å². The Morgan fingerprint density at radius 1 is 1.09 bits per heavy atom. The average molecular weight is 462 g/mol. The molecule has 8 nitrogen and oxygen atoms in total. The van der Waals surface area contributed by atoms with Crippen LogP contribution >= 0.6 is 11.6 Å². The molecule has 1 aliphatic heterocycles. The maximum atomic E-state index is 13.4. The lowest BCUT2D eigenvalue weighted by Gasteiger charge is -2.29. The van der Waals surface area contributed by atoms with Gasteiger partial charge in [-0.05, 0) is 60.9 Å². The molecule has 0 radical (unpaired) electrons. The highest BCUT2D eigenvalue weighted by Crippen LogP contribution is 2.31. The summed E-state index contributed by atoms with van der Waals surface area (Å²) in [5, 5.41) is 3.20. The Balaban J connectivity index is 1.47. The lowest BCUT2D eigenvalue weighted by Crippen LogP contribution is -2.35. The zero-order valence-corrected chi connectivity index (χ0v) is 18.5. The fourth-order valence-electron chi connectivity index (χ4n) is 4.03. The first-order valence-electron chi connectivity index (χ1n) is 10.4. The zero-order chi connectivity index (χ0) is 22.9. The molecule has 0 unspecified atom stereocenters. The maximum absolute atomic E-state index is 13.4. The van der Waals surface area contributed by atoms with Crippen molar-refractivity contribution in [1.29, 1.82) is 0 Å². The van der Waals surface area contributed by atoms with E-state index in [-0.39, 0.29) is 5.91 Å². The number of imidazole rings is 1. The number of amides is 2. The van der Waals surface area contributed by atoms with Gasteiger partial charge in [-0.25, -0.2) is 14.8 Å². The number of pyridine rings is 2. The lowest BCUT2D eigenvalue weighted by molar-refractivity contribution is 0.0984. The molecule has 0 saturated carbocycles. The van der Waals surface area contributed by atoms with Gasteiger partial charge in [0, 0.05) is 35.2 Å². The molecule has 3 aromatic heterocycles. The molecule has 0 spiro atoms. The maximum Gasteiger partial charge on any atom is 0.412 e. The molecule has 33 heavy (non-hydrogen) atoms. The number of anilines is 2. The van der Waals surface area contributed by atoms with Gasteiger partial charge in [0.25, 0.3) is 5.91 Å². The summed E-state index contributed by atoms with van der Waals surface area (Å²) in [4.78, 5) is 35.3. The summed E-state index contributed by atoms with van der Waals surface area (Å²) in [5.41, 5.74) is 4.83. The molecule has 0 saturated heterocycles. The molecule has 166 valence electrons. The van der Waals surface area contributed by atoms with Gasteiger partial charge in [0.05, 0.1) is 24.6 Å². The van der Waals surface area contributed by atoms with Crippen molar-refractivity contribution in [2.75, 3.05) is 23.9 Å². The monoisotopic (exact) mass is 461 g/mol. The van der Waals surface area contributed by atoms with E-state index in [0.29, 0.717) is 28.6 Å². The third kappa shape index (κ3) is 4.01. The molecule has 0 aliphatic carbocycles. The van der Waals surface area contributed by atoms with Crippen LogP contribution in [0.25, 0.3) is 16.9 Å². The number of halogens is 1. The second kappa shape index (κ2) is 8.55. The predicted molar refractivity (Wildman–Crippen MR) is 126 cm³/mol. The SMILES string of the molecule is COC(=O)Nc1ccc(-c2cnc3ccc(C(=O)N4CCCc5cc(Cl)ccc54)cn23)cn1. The molecular weight excluding hydrogens is 442 g/mol. The van der Waals surface area contributed by atoms with E-state index >= 15 is 0 Å². The first kappa shape index (κ1) is 21.0. The first-order valence-corrected chi connectivity index (χ1v) is 10.8. The topological polar surface area (TPSA) is 88.8 Å². The van der Waals surface area contributed by atoms with Crippen molar-refractivity contribution >= 4 is 40.8 Å². The quantitative estimate of drug-likeness (QED) is 0.472. The van der Waals surface area contributed by atoms with E-state index in [1.54, 1.807) is 30.7 Å². The van der Waals surface area contributed by atoms with Gasteiger partial charge in [0.15, 0.2) is 0 Å². The van der Waals surface area contributed by atoms with E-state index < -0.39 is 6.09 Å². The minimum absolute atomic E-state index is 0.0735. The number of rotatable bonds is 3. The number of fused-ring (bicyclic) bond motifs is 2. The number of aromatic nitrogens is 3. The van der Waals surface area contributed by atoms with Crippen molar-refractivity contribution in [2.24, 2.45) is 0 Å². The number of carbonyl (C=O) groups excluding carboxylic acids is 2. The van der Waals surface area contributed by atoms with Crippen LogP contribution in [0.4, 0.5) is 16.3 Å². The highest BCUT2D eigenvalue weighted by Gasteiger charge is 2.24. The molecule has 2 amide bonds. The Hall–Kier alpha value is -3.91. The number of hydrogen-bond donors (Lipinski definition) is 1. The Kier molecular flexibility index (Phi) is 5.43. The first-order chi connectivity index (χ1) is 16.0. The normalized spacial score (nSPS) is 13.0. The average Bonchev–Trinajstić information content (AvgIpc) is 3.26. The Labute approximate surface area is 194 Å². The molecule has 4 aromatic rings. The number of ether oxygens (including phenoxy) is 1. The Bertz CT molecular complexity index is 1370. The van der Waals surface area contributed by atoms with Gasteiger partial charge >= 0.3 is 6.09 Å². The van der Waals surface area contributed by atoms with Crippen LogP contribution < -0.4 is 10.2 Å². The number of nitrogens with zero attached hydrogens (tertiary/aromatic N) is 4. The van der Waals surface area contributed by atoms with Crippen molar-refractivity contribution in [3.63, 3.8) is 0 Å². The lowest BCUT2D eigenvalue weighted by atomic mass is 10.0. The van der Waals surface area contributed by atoms with Gasteiger partial charge < -0.3 is 9.64 Å². The molecular formula is C24H20ClN5O3. The number of carbonyl (C=O) groups is 2. The van der Waals surface area contributed by atoms with Crippen LogP contribution in [0.3, 0.4) is 0 Å². The molecule has 0 fully saturated rings. The van der Waals surface area contributed by atoms with Crippen molar-refractivity contribution < 1.29 is 14.3 Å². The number of hydrogen-bond acceptors (Lipinski definition) is 5. The highest BCUT2D eigenvalue weighted by molar-refractivity contribution is 6.30. The van der Waals surface area contributed by atoms with Crippen LogP contribution in [0.15, 0.2) is 61.1 Å². The summed E-state index contributed by atoms with van der Waals surface area (Å²) in [6.45, 7) is 0.654. The van der Waals surface area contributed by atoms with Crippen molar-refractivity contribution in [1.82, 2.24) is 14.4 Å². The fourth-order valence-corrected chi connectivity index (χ4v) is 4.22. The standard InChI is InChI=1S/C24H20ClN5O3/c1-33-24(32)28-21-8-4-16(12-26-21)20-13-27-22-9-5-17(14-30(20)22)23(31)29-10-2-3-15-11-18(25)6-7-19(15)29/h4-9,11-14H,2-3,10H2,1H3,(H,26,28,32). The summed E-state index contributed by atoms with van der Waals surface area (Å²) in [5.74, 6) is 0.301. The molecule has 5 rings (SSSR count). The molecule has 0 bridgehead atoms. The van der Waals surface area contributed by atoms with Gasteiger partial charge in [-0.3, -0.25) is 14.5 Å². The van der Waals surface area contributed by atoms with Crippen LogP contribution in [-0.4, -0.2) is 40.0 Å². The Morgan fingerprint density at radius 2 is 1.97 bits per heavy atom. The van der Waals surface area contributed by atoms with E-state index in [1.807, 2.05) is 39.6 Å². The van der Waals surface area contributed by atoms with Gasteiger partial charge in [0.2, 0.25) is 0 Å². The summed E-state index contributed by atoms with van der Waals surface area (Å²) in [6, 6.07) is 12.8. The van der Waals surface area contributed by atoms with Crippen molar-refractivity contribution in [3.8, 4) is 11.3 Å². The van der Waals surface area contributed by atoms with Crippen LogP contribution in [0, 0.1) is 0 Å².